The van der Waals surface area contributed by atoms with E-state index in [9.17, 15) is 0 Å². The molecule has 0 fully saturated rings. The van der Waals surface area contributed by atoms with Gasteiger partial charge in [0.1, 0.15) is 0 Å². The molecule has 0 aliphatic heterocycles. The summed E-state index contributed by atoms with van der Waals surface area (Å²) in [4.78, 5) is 2.42. The molecule has 0 radical (unpaired) electrons. The lowest BCUT2D eigenvalue weighted by Crippen LogP contribution is -2.25. The molecule has 1 nitrogen and oxygen atoms in total. The highest BCUT2D eigenvalue weighted by Crippen LogP contribution is 2.01. The van der Waals surface area contributed by atoms with E-state index in [0.29, 0.717) is 0 Å². The maximum Gasteiger partial charge on any atom is 0.0605 e. The molecule has 0 bridgehead atoms. The largest absolute Gasteiger partial charge is 0.292 e. The molecule has 0 saturated carbocycles. The first-order valence-electron chi connectivity index (χ1n) is 6.54. The number of hydrogen-bond acceptors (Lipinski definition) is 1. The van der Waals surface area contributed by atoms with Crippen LogP contribution in [0.4, 0.5) is 0 Å². The summed E-state index contributed by atoms with van der Waals surface area (Å²) in [6.07, 6.45) is 2.40. The molecule has 0 atom stereocenters. The molecule has 1 heteroatoms. The fourth-order valence-corrected chi connectivity index (χ4v) is 1.79. The number of nitrogens with zero attached hydrogens (tertiary/aromatic N) is 1. The second-order valence-electron chi connectivity index (χ2n) is 4.44. The van der Waals surface area contributed by atoms with Gasteiger partial charge in [0.2, 0.25) is 0 Å². The molecule has 0 aliphatic carbocycles. The normalized spacial score (nSPS) is 10.1. The van der Waals surface area contributed by atoms with Crippen molar-refractivity contribution in [1.29, 1.82) is 0 Å². The average molecular weight is 229 g/mol. The highest BCUT2D eigenvalue weighted by molar-refractivity contribution is 5.35. The van der Waals surface area contributed by atoms with Crippen LogP contribution < -0.4 is 0 Å². The topological polar surface area (TPSA) is 3.24 Å². The number of hydrogen-bond donors (Lipinski definition) is 0. The molecule has 0 aliphatic rings. The smallest absolute Gasteiger partial charge is 0.0605 e. The van der Waals surface area contributed by atoms with Crippen LogP contribution in [0.3, 0.4) is 0 Å². The predicted octanol–water partition coefficient (Wildman–Crippen LogP) is 3.47. The number of aryl methyl sites for hydroxylation is 1. The Morgan fingerprint density at radius 2 is 1.59 bits per heavy atom. The van der Waals surface area contributed by atoms with Crippen LogP contribution in [0.15, 0.2) is 24.3 Å². The number of benzene rings is 1. The Hall–Kier alpha value is -1.26. The van der Waals surface area contributed by atoms with E-state index < -0.39 is 0 Å². The summed E-state index contributed by atoms with van der Waals surface area (Å²) in [5.74, 6) is 6.49. The van der Waals surface area contributed by atoms with E-state index in [-0.39, 0.29) is 0 Å². The zero-order chi connectivity index (χ0) is 12.5. The van der Waals surface area contributed by atoms with Gasteiger partial charge in [-0.15, -0.1) is 0 Å². The zero-order valence-corrected chi connectivity index (χ0v) is 11.3. The van der Waals surface area contributed by atoms with Crippen molar-refractivity contribution in [1.82, 2.24) is 4.90 Å². The van der Waals surface area contributed by atoms with Gasteiger partial charge in [-0.3, -0.25) is 4.90 Å². The van der Waals surface area contributed by atoms with Crippen LogP contribution in [-0.2, 0) is 0 Å². The third kappa shape index (κ3) is 5.56. The lowest BCUT2D eigenvalue weighted by Gasteiger charge is -2.17. The van der Waals surface area contributed by atoms with E-state index in [1.165, 1.54) is 18.4 Å². The second-order valence-corrected chi connectivity index (χ2v) is 4.44. The van der Waals surface area contributed by atoms with Crippen molar-refractivity contribution in [3.63, 3.8) is 0 Å². The van der Waals surface area contributed by atoms with Crippen LogP contribution in [0.1, 0.15) is 37.8 Å². The Bertz CT molecular complexity index is 361. The quantitative estimate of drug-likeness (QED) is 0.699. The van der Waals surface area contributed by atoms with Gasteiger partial charge >= 0.3 is 0 Å². The summed E-state index contributed by atoms with van der Waals surface area (Å²) in [6, 6.07) is 8.40. The van der Waals surface area contributed by atoms with Crippen molar-refractivity contribution in [2.24, 2.45) is 0 Å². The lowest BCUT2D eigenvalue weighted by molar-refractivity contribution is 0.308. The van der Waals surface area contributed by atoms with Crippen molar-refractivity contribution in [2.75, 3.05) is 19.6 Å². The van der Waals surface area contributed by atoms with Crippen LogP contribution in [0.5, 0.6) is 0 Å². The summed E-state index contributed by atoms with van der Waals surface area (Å²) in [7, 11) is 0. The van der Waals surface area contributed by atoms with Crippen LogP contribution in [0.2, 0.25) is 0 Å². The minimum Gasteiger partial charge on any atom is -0.292 e. The fourth-order valence-electron chi connectivity index (χ4n) is 1.79. The summed E-state index contributed by atoms with van der Waals surface area (Å²) in [6.45, 7) is 9.72. The van der Waals surface area contributed by atoms with Crippen molar-refractivity contribution in [3.05, 3.63) is 35.4 Å². The molecule has 1 aromatic carbocycles. The Morgan fingerprint density at radius 1 is 1.00 bits per heavy atom. The molecule has 0 heterocycles. The van der Waals surface area contributed by atoms with Gasteiger partial charge in [0, 0.05) is 5.56 Å². The van der Waals surface area contributed by atoms with E-state index in [1.807, 2.05) is 0 Å². The minimum atomic E-state index is 0.884. The molecule has 0 spiro atoms. The Balaban J connectivity index is 2.50. The first-order chi connectivity index (χ1) is 8.26. The van der Waals surface area contributed by atoms with E-state index in [4.69, 9.17) is 0 Å². The molecule has 0 saturated heterocycles. The molecule has 17 heavy (non-hydrogen) atoms. The molecule has 0 amide bonds. The Morgan fingerprint density at radius 3 is 2.12 bits per heavy atom. The van der Waals surface area contributed by atoms with E-state index >= 15 is 0 Å². The highest BCUT2D eigenvalue weighted by atomic mass is 15.1. The Labute approximate surface area is 106 Å². The average Bonchev–Trinajstić information content (AvgIpc) is 2.32. The molecule has 0 aromatic heterocycles. The predicted molar refractivity (Wildman–Crippen MR) is 75.1 cm³/mol. The van der Waals surface area contributed by atoms with Gasteiger partial charge in [-0.05, 0) is 45.0 Å². The molecule has 0 N–H and O–H groups in total. The first-order valence-corrected chi connectivity index (χ1v) is 6.54. The van der Waals surface area contributed by atoms with Gasteiger partial charge in [-0.25, -0.2) is 0 Å². The van der Waals surface area contributed by atoms with Crippen molar-refractivity contribution in [2.45, 2.75) is 33.6 Å². The van der Waals surface area contributed by atoms with Crippen molar-refractivity contribution >= 4 is 0 Å². The van der Waals surface area contributed by atoms with Gasteiger partial charge < -0.3 is 0 Å². The van der Waals surface area contributed by atoms with Gasteiger partial charge in [0.25, 0.3) is 0 Å². The maximum atomic E-state index is 3.27. The van der Waals surface area contributed by atoms with Crippen LogP contribution >= 0.6 is 0 Å². The Kier molecular flexibility index (Phi) is 6.43. The van der Waals surface area contributed by atoms with Crippen LogP contribution in [0.25, 0.3) is 0 Å². The minimum absolute atomic E-state index is 0.884. The summed E-state index contributed by atoms with van der Waals surface area (Å²) in [5.41, 5.74) is 2.40. The summed E-state index contributed by atoms with van der Waals surface area (Å²) >= 11 is 0. The lowest BCUT2D eigenvalue weighted by atomic mass is 10.1. The second kappa shape index (κ2) is 7.92. The first kappa shape index (κ1) is 13.8. The van der Waals surface area contributed by atoms with E-state index in [2.05, 4.69) is 61.8 Å². The molecule has 1 aromatic rings. The van der Waals surface area contributed by atoms with Crippen molar-refractivity contribution in [3.8, 4) is 11.8 Å². The van der Waals surface area contributed by atoms with E-state index in [0.717, 1.165) is 25.2 Å². The number of rotatable bonds is 5. The van der Waals surface area contributed by atoms with Crippen LogP contribution in [0, 0.1) is 18.8 Å². The molecule has 92 valence electrons. The maximum absolute atomic E-state index is 3.27. The van der Waals surface area contributed by atoms with E-state index in [1.54, 1.807) is 0 Å². The van der Waals surface area contributed by atoms with Gasteiger partial charge in [0.15, 0.2) is 0 Å². The molecule has 0 unspecified atom stereocenters. The molecule has 1 rings (SSSR count). The zero-order valence-electron chi connectivity index (χ0n) is 11.3. The third-order valence-electron chi connectivity index (χ3n) is 2.67. The van der Waals surface area contributed by atoms with Gasteiger partial charge in [0.05, 0.1) is 6.54 Å². The van der Waals surface area contributed by atoms with Crippen LogP contribution in [-0.4, -0.2) is 24.5 Å². The van der Waals surface area contributed by atoms with Crippen molar-refractivity contribution < 1.29 is 0 Å². The standard InChI is InChI=1S/C16H23N/c1-4-12-17(13-5-2)14-6-7-16-10-8-15(3)9-11-16/h8-11H,4-5,12-14H2,1-3H3. The fraction of sp³-hybridized carbons (Fsp3) is 0.500. The SMILES string of the molecule is CCCN(CC#Cc1ccc(C)cc1)CCC. The monoisotopic (exact) mass is 229 g/mol. The van der Waals surface area contributed by atoms with Gasteiger partial charge in [-0.2, -0.15) is 0 Å². The third-order valence-corrected chi connectivity index (χ3v) is 2.67. The molecular weight excluding hydrogens is 206 g/mol. The molecular formula is C16H23N. The highest BCUT2D eigenvalue weighted by Gasteiger charge is 1.98. The summed E-state index contributed by atoms with van der Waals surface area (Å²) < 4.78 is 0. The van der Waals surface area contributed by atoms with Gasteiger partial charge in [-0.1, -0.05) is 43.4 Å². The summed E-state index contributed by atoms with van der Waals surface area (Å²) in [5, 5.41) is 0.